The third-order valence-electron chi connectivity index (χ3n) is 0.368. The summed E-state index contributed by atoms with van der Waals surface area (Å²) in [5, 5.41) is 15.6. The average Bonchev–Trinajstić information content (AvgIpc) is 1.61. The second kappa shape index (κ2) is 5.44. The first kappa shape index (κ1) is 11.1. The van der Waals surface area contributed by atoms with Crippen molar-refractivity contribution in [2.45, 2.75) is 0 Å². The van der Waals surface area contributed by atoms with Crippen molar-refractivity contribution in [2.75, 3.05) is 0 Å². The van der Waals surface area contributed by atoms with Gasteiger partial charge in [0, 0.05) is 31.6 Å². The van der Waals surface area contributed by atoms with E-state index in [-0.39, 0.29) is 19.5 Å². The molecule has 0 aromatic rings. The summed E-state index contributed by atoms with van der Waals surface area (Å²) in [6, 6.07) is 0. The fourth-order valence-electron chi connectivity index (χ4n) is 0.143. The Kier molecular flexibility index (Phi) is 6.74. The number of carbonyl (C=O) groups is 2. The van der Waals surface area contributed by atoms with E-state index in [0.717, 1.165) is 0 Å². The Bertz CT molecular complexity index is 124. The molecule has 0 rings (SSSR count). The van der Waals surface area contributed by atoms with Gasteiger partial charge in [0.25, 0.3) is 0 Å². The van der Waals surface area contributed by atoms with Crippen molar-refractivity contribution in [3.8, 4) is 0 Å². The van der Waals surface area contributed by atoms with Gasteiger partial charge >= 0.3 is 11.9 Å². The molecule has 0 aromatic carbocycles. The van der Waals surface area contributed by atoms with Crippen LogP contribution in [0.15, 0.2) is 12.2 Å². The molecule has 9 heavy (non-hydrogen) atoms. The first-order chi connectivity index (χ1) is 3.63. The minimum Gasteiger partial charge on any atom is -0.478 e. The molecule has 0 heterocycles. The van der Waals surface area contributed by atoms with Crippen LogP contribution in [-0.2, 0) is 29.1 Å². The van der Waals surface area contributed by atoms with Crippen molar-refractivity contribution in [3.63, 3.8) is 0 Å². The van der Waals surface area contributed by atoms with Gasteiger partial charge in [0.15, 0.2) is 0 Å². The fraction of sp³-hybridized carbons (Fsp3) is 0. The Hall–Kier alpha value is -0.697. The van der Waals surface area contributed by atoms with E-state index in [4.69, 9.17) is 10.2 Å². The average molecular weight is 217 g/mol. The molecule has 0 aliphatic heterocycles. The number of carboxylic acid groups (broad SMARTS) is 2. The Morgan fingerprint density at radius 2 is 1.22 bits per heavy atom. The SMILES string of the molecule is O=C(O)C=CC(=O)O.[Ru]. The van der Waals surface area contributed by atoms with Crippen LogP contribution in [-0.4, -0.2) is 22.2 Å². The zero-order chi connectivity index (χ0) is 6.57. The van der Waals surface area contributed by atoms with Crippen molar-refractivity contribution in [2.24, 2.45) is 0 Å². The number of aliphatic carboxylic acids is 2. The van der Waals surface area contributed by atoms with E-state index in [9.17, 15) is 9.59 Å². The van der Waals surface area contributed by atoms with Gasteiger partial charge in [-0.25, -0.2) is 9.59 Å². The number of hydrogen-bond donors (Lipinski definition) is 2. The molecule has 0 unspecified atom stereocenters. The van der Waals surface area contributed by atoms with Crippen molar-refractivity contribution in [1.29, 1.82) is 0 Å². The Labute approximate surface area is 63.9 Å². The first-order valence-electron chi connectivity index (χ1n) is 1.77. The largest absolute Gasteiger partial charge is 0.478 e. The predicted octanol–water partition coefficient (Wildman–Crippen LogP) is -0.291. The maximum atomic E-state index is 9.55. The van der Waals surface area contributed by atoms with Gasteiger partial charge in [-0.05, 0) is 0 Å². The van der Waals surface area contributed by atoms with Gasteiger partial charge in [-0.15, -0.1) is 0 Å². The second-order valence-corrected chi connectivity index (χ2v) is 1.01. The van der Waals surface area contributed by atoms with Gasteiger partial charge in [0.05, 0.1) is 0 Å². The summed E-state index contributed by atoms with van der Waals surface area (Å²) < 4.78 is 0. The van der Waals surface area contributed by atoms with Gasteiger partial charge < -0.3 is 10.2 Å². The van der Waals surface area contributed by atoms with Crippen molar-refractivity contribution in [1.82, 2.24) is 0 Å². The van der Waals surface area contributed by atoms with Crippen LogP contribution in [0.1, 0.15) is 0 Å². The number of carboxylic acids is 2. The molecule has 0 saturated carbocycles. The number of rotatable bonds is 2. The monoisotopic (exact) mass is 218 g/mol. The molecule has 0 saturated heterocycles. The van der Waals surface area contributed by atoms with Crippen LogP contribution in [0.4, 0.5) is 0 Å². The first-order valence-corrected chi connectivity index (χ1v) is 1.77. The molecule has 52 valence electrons. The van der Waals surface area contributed by atoms with Crippen LogP contribution in [0.2, 0.25) is 0 Å². The van der Waals surface area contributed by atoms with E-state index in [1.807, 2.05) is 0 Å². The van der Waals surface area contributed by atoms with Crippen LogP contribution < -0.4 is 0 Å². The molecule has 2 N–H and O–H groups in total. The zero-order valence-corrected chi connectivity index (χ0v) is 5.96. The molecular formula is C4H4O4Ru. The summed E-state index contributed by atoms with van der Waals surface area (Å²) in [5.74, 6) is -2.51. The van der Waals surface area contributed by atoms with Crippen molar-refractivity contribution >= 4 is 11.9 Å². The molecule has 4 nitrogen and oxygen atoms in total. The van der Waals surface area contributed by atoms with Gasteiger partial charge in [0.2, 0.25) is 0 Å². The molecule has 0 amide bonds. The van der Waals surface area contributed by atoms with E-state index in [1.54, 1.807) is 0 Å². The van der Waals surface area contributed by atoms with Gasteiger partial charge in [-0.2, -0.15) is 0 Å². The quantitative estimate of drug-likeness (QED) is 0.492. The predicted molar refractivity (Wildman–Crippen MR) is 24.4 cm³/mol. The van der Waals surface area contributed by atoms with Gasteiger partial charge in [0.1, 0.15) is 0 Å². The maximum absolute atomic E-state index is 9.55. The van der Waals surface area contributed by atoms with Crippen molar-refractivity contribution < 1.29 is 39.3 Å². The fourth-order valence-corrected chi connectivity index (χ4v) is 0.143. The molecule has 0 bridgehead atoms. The van der Waals surface area contributed by atoms with E-state index in [0.29, 0.717) is 12.2 Å². The molecule has 0 fully saturated rings. The molecule has 0 aliphatic carbocycles. The van der Waals surface area contributed by atoms with Crippen LogP contribution in [0.3, 0.4) is 0 Å². The summed E-state index contributed by atoms with van der Waals surface area (Å²) in [5.41, 5.74) is 0. The molecule has 0 radical (unpaired) electrons. The molecule has 0 aliphatic rings. The summed E-state index contributed by atoms with van der Waals surface area (Å²) in [4.78, 5) is 19.1. The topological polar surface area (TPSA) is 74.6 Å². The Morgan fingerprint density at radius 1 is 1.00 bits per heavy atom. The van der Waals surface area contributed by atoms with Crippen LogP contribution in [0, 0.1) is 0 Å². The third-order valence-corrected chi connectivity index (χ3v) is 0.368. The third kappa shape index (κ3) is 11.1. The van der Waals surface area contributed by atoms with Gasteiger partial charge in [-0.1, -0.05) is 0 Å². The standard InChI is InChI=1S/C4H4O4.Ru/c5-3(6)1-2-4(7)8;/h1-2H,(H,5,6)(H,7,8);. The van der Waals surface area contributed by atoms with E-state index >= 15 is 0 Å². The normalized spacial score (nSPS) is 8.44. The Morgan fingerprint density at radius 3 is 1.33 bits per heavy atom. The minimum absolute atomic E-state index is 0. The smallest absolute Gasteiger partial charge is 0.328 e. The van der Waals surface area contributed by atoms with Crippen molar-refractivity contribution in [3.05, 3.63) is 12.2 Å². The molecule has 5 heteroatoms. The molecule has 0 spiro atoms. The maximum Gasteiger partial charge on any atom is 0.328 e. The van der Waals surface area contributed by atoms with Crippen LogP contribution in [0.25, 0.3) is 0 Å². The minimum atomic E-state index is -1.26. The number of hydrogen-bond acceptors (Lipinski definition) is 2. The summed E-state index contributed by atoms with van der Waals surface area (Å²) in [6.45, 7) is 0. The molecule has 0 aromatic heterocycles. The second-order valence-electron chi connectivity index (χ2n) is 1.01. The summed E-state index contributed by atoms with van der Waals surface area (Å²) in [6.07, 6.45) is 1.12. The zero-order valence-electron chi connectivity index (χ0n) is 4.22. The Balaban J connectivity index is 0. The molecule has 0 atom stereocenters. The van der Waals surface area contributed by atoms with E-state index in [2.05, 4.69) is 0 Å². The van der Waals surface area contributed by atoms with Gasteiger partial charge in [-0.3, -0.25) is 0 Å². The van der Waals surface area contributed by atoms with E-state index in [1.165, 1.54) is 0 Å². The van der Waals surface area contributed by atoms with Crippen LogP contribution >= 0.6 is 0 Å². The van der Waals surface area contributed by atoms with E-state index < -0.39 is 11.9 Å². The van der Waals surface area contributed by atoms with Crippen LogP contribution in [0.5, 0.6) is 0 Å². The summed E-state index contributed by atoms with van der Waals surface area (Å²) in [7, 11) is 0. The summed E-state index contributed by atoms with van der Waals surface area (Å²) >= 11 is 0. The molecular weight excluding hydrogens is 213 g/mol.